The maximum absolute atomic E-state index is 5.16. The SMILES string of the molecule is CNc1cc(-c2cccc(OC)c2)[nH]n1. The number of methoxy groups -OCH3 is 1. The average molecular weight is 203 g/mol. The van der Waals surface area contributed by atoms with E-state index in [0.29, 0.717) is 0 Å². The van der Waals surface area contributed by atoms with Crippen LogP contribution in [0, 0.1) is 0 Å². The number of aromatic nitrogens is 2. The fourth-order valence-corrected chi connectivity index (χ4v) is 1.39. The van der Waals surface area contributed by atoms with Gasteiger partial charge in [0.15, 0.2) is 0 Å². The Morgan fingerprint density at radius 1 is 1.33 bits per heavy atom. The number of H-pyrrole nitrogens is 1. The Labute approximate surface area is 88.3 Å². The molecule has 78 valence electrons. The molecule has 0 amide bonds. The van der Waals surface area contributed by atoms with E-state index >= 15 is 0 Å². The van der Waals surface area contributed by atoms with E-state index in [1.54, 1.807) is 7.11 Å². The van der Waals surface area contributed by atoms with Gasteiger partial charge in [0.2, 0.25) is 0 Å². The van der Waals surface area contributed by atoms with E-state index in [-0.39, 0.29) is 0 Å². The zero-order valence-corrected chi connectivity index (χ0v) is 8.74. The number of ether oxygens (including phenoxy) is 1. The van der Waals surface area contributed by atoms with E-state index in [0.717, 1.165) is 22.8 Å². The molecule has 0 atom stereocenters. The summed E-state index contributed by atoms with van der Waals surface area (Å²) in [5.41, 5.74) is 2.03. The molecular weight excluding hydrogens is 190 g/mol. The van der Waals surface area contributed by atoms with Crippen molar-refractivity contribution in [1.82, 2.24) is 10.2 Å². The molecule has 0 unspecified atom stereocenters. The topological polar surface area (TPSA) is 49.9 Å². The van der Waals surface area contributed by atoms with Crippen LogP contribution in [0.1, 0.15) is 0 Å². The highest BCUT2D eigenvalue weighted by atomic mass is 16.5. The van der Waals surface area contributed by atoms with Crippen LogP contribution in [0.15, 0.2) is 30.3 Å². The molecular formula is C11H13N3O. The lowest BCUT2D eigenvalue weighted by Crippen LogP contribution is -1.85. The maximum Gasteiger partial charge on any atom is 0.148 e. The van der Waals surface area contributed by atoms with Crippen molar-refractivity contribution >= 4 is 5.82 Å². The Kier molecular flexibility index (Phi) is 2.58. The molecule has 2 rings (SSSR count). The lowest BCUT2D eigenvalue weighted by Gasteiger charge is -2.01. The summed E-state index contributed by atoms with van der Waals surface area (Å²) in [7, 11) is 3.50. The maximum atomic E-state index is 5.16. The molecule has 15 heavy (non-hydrogen) atoms. The van der Waals surface area contributed by atoms with E-state index in [9.17, 15) is 0 Å². The fraction of sp³-hybridized carbons (Fsp3) is 0.182. The van der Waals surface area contributed by atoms with Crippen molar-refractivity contribution in [2.24, 2.45) is 0 Å². The smallest absolute Gasteiger partial charge is 0.148 e. The molecule has 0 bridgehead atoms. The van der Waals surface area contributed by atoms with Gasteiger partial charge in [0.25, 0.3) is 0 Å². The van der Waals surface area contributed by atoms with Crippen molar-refractivity contribution in [3.05, 3.63) is 30.3 Å². The van der Waals surface area contributed by atoms with Crippen molar-refractivity contribution in [3.8, 4) is 17.0 Å². The average Bonchev–Trinajstić information content (AvgIpc) is 2.78. The van der Waals surface area contributed by atoms with Crippen LogP contribution in [0.3, 0.4) is 0 Å². The first-order valence-electron chi connectivity index (χ1n) is 4.71. The van der Waals surface area contributed by atoms with Crippen molar-refractivity contribution < 1.29 is 4.74 Å². The molecule has 0 saturated heterocycles. The van der Waals surface area contributed by atoms with E-state index in [1.807, 2.05) is 37.4 Å². The molecule has 0 radical (unpaired) electrons. The largest absolute Gasteiger partial charge is 0.497 e. The summed E-state index contributed by atoms with van der Waals surface area (Å²) in [5.74, 6) is 1.67. The zero-order chi connectivity index (χ0) is 10.7. The first-order valence-corrected chi connectivity index (χ1v) is 4.71. The van der Waals surface area contributed by atoms with Gasteiger partial charge in [-0.3, -0.25) is 5.10 Å². The molecule has 1 aromatic carbocycles. The summed E-state index contributed by atoms with van der Waals surface area (Å²) in [6.07, 6.45) is 0. The van der Waals surface area contributed by atoms with Gasteiger partial charge in [0, 0.05) is 18.7 Å². The number of hydrogen-bond acceptors (Lipinski definition) is 3. The minimum atomic E-state index is 0.827. The number of anilines is 1. The number of nitrogens with zero attached hydrogens (tertiary/aromatic N) is 1. The molecule has 2 N–H and O–H groups in total. The minimum absolute atomic E-state index is 0.827. The lowest BCUT2D eigenvalue weighted by atomic mass is 10.1. The van der Waals surface area contributed by atoms with Crippen LogP contribution in [0.5, 0.6) is 5.75 Å². The summed E-state index contributed by atoms with van der Waals surface area (Å²) >= 11 is 0. The summed E-state index contributed by atoms with van der Waals surface area (Å²) < 4.78 is 5.16. The molecule has 0 aliphatic carbocycles. The second kappa shape index (κ2) is 4.04. The van der Waals surface area contributed by atoms with Gasteiger partial charge in [0.05, 0.1) is 12.8 Å². The molecule has 2 aromatic rings. The Bertz CT molecular complexity index is 451. The normalized spacial score (nSPS) is 10.0. The van der Waals surface area contributed by atoms with Crippen LogP contribution in [-0.2, 0) is 0 Å². The van der Waals surface area contributed by atoms with E-state index in [1.165, 1.54) is 0 Å². The number of aromatic amines is 1. The first-order chi connectivity index (χ1) is 7.33. The quantitative estimate of drug-likeness (QED) is 0.803. The monoisotopic (exact) mass is 203 g/mol. The molecule has 4 nitrogen and oxygen atoms in total. The van der Waals surface area contributed by atoms with Gasteiger partial charge < -0.3 is 10.1 Å². The highest BCUT2D eigenvalue weighted by molar-refractivity contribution is 5.64. The Morgan fingerprint density at radius 3 is 2.87 bits per heavy atom. The molecule has 0 aliphatic rings. The number of nitrogens with one attached hydrogen (secondary N) is 2. The predicted octanol–water partition coefficient (Wildman–Crippen LogP) is 2.13. The Morgan fingerprint density at radius 2 is 2.20 bits per heavy atom. The van der Waals surface area contributed by atoms with E-state index < -0.39 is 0 Å². The Balaban J connectivity index is 2.35. The third-order valence-corrected chi connectivity index (χ3v) is 2.21. The van der Waals surface area contributed by atoms with Gasteiger partial charge >= 0.3 is 0 Å². The fourth-order valence-electron chi connectivity index (χ4n) is 1.39. The van der Waals surface area contributed by atoms with Gasteiger partial charge in [-0.1, -0.05) is 12.1 Å². The molecule has 0 aliphatic heterocycles. The lowest BCUT2D eigenvalue weighted by molar-refractivity contribution is 0.415. The van der Waals surface area contributed by atoms with Crippen LogP contribution in [0.25, 0.3) is 11.3 Å². The van der Waals surface area contributed by atoms with Crippen LogP contribution in [0.2, 0.25) is 0 Å². The van der Waals surface area contributed by atoms with E-state index in [4.69, 9.17) is 4.74 Å². The van der Waals surface area contributed by atoms with Gasteiger partial charge in [-0.2, -0.15) is 5.10 Å². The minimum Gasteiger partial charge on any atom is -0.497 e. The first kappa shape index (κ1) is 9.58. The predicted molar refractivity (Wildman–Crippen MR) is 60.1 cm³/mol. The summed E-state index contributed by atoms with van der Waals surface area (Å²) in [5, 5.41) is 10.0. The van der Waals surface area contributed by atoms with Gasteiger partial charge in [0.1, 0.15) is 11.6 Å². The van der Waals surface area contributed by atoms with Gasteiger partial charge in [-0.15, -0.1) is 0 Å². The third kappa shape index (κ3) is 1.93. The van der Waals surface area contributed by atoms with Crippen LogP contribution in [-0.4, -0.2) is 24.4 Å². The van der Waals surface area contributed by atoms with E-state index in [2.05, 4.69) is 15.5 Å². The Hall–Kier alpha value is -1.97. The number of rotatable bonds is 3. The molecule has 0 fully saturated rings. The van der Waals surface area contributed by atoms with Crippen molar-refractivity contribution in [2.75, 3.05) is 19.5 Å². The standard InChI is InChI=1S/C11H13N3O/c1-12-11-7-10(13-14-11)8-4-3-5-9(6-8)15-2/h3-7H,1-2H3,(H2,12,13,14). The molecule has 0 spiro atoms. The second-order valence-electron chi connectivity index (χ2n) is 3.15. The molecule has 0 saturated carbocycles. The molecule has 1 heterocycles. The third-order valence-electron chi connectivity index (χ3n) is 2.21. The zero-order valence-electron chi connectivity index (χ0n) is 8.74. The summed E-state index contributed by atoms with van der Waals surface area (Å²) in [6.45, 7) is 0. The van der Waals surface area contributed by atoms with Crippen LogP contribution in [0.4, 0.5) is 5.82 Å². The summed E-state index contributed by atoms with van der Waals surface area (Å²) in [4.78, 5) is 0. The summed E-state index contributed by atoms with van der Waals surface area (Å²) in [6, 6.07) is 9.80. The van der Waals surface area contributed by atoms with Crippen LogP contribution < -0.4 is 10.1 Å². The number of benzene rings is 1. The highest BCUT2D eigenvalue weighted by Crippen LogP contribution is 2.23. The van der Waals surface area contributed by atoms with Gasteiger partial charge in [-0.25, -0.2) is 0 Å². The molecule has 4 heteroatoms. The van der Waals surface area contributed by atoms with Crippen LogP contribution >= 0.6 is 0 Å². The second-order valence-corrected chi connectivity index (χ2v) is 3.15. The van der Waals surface area contributed by atoms with Crippen molar-refractivity contribution in [2.45, 2.75) is 0 Å². The van der Waals surface area contributed by atoms with Gasteiger partial charge in [-0.05, 0) is 12.1 Å². The molecule has 1 aromatic heterocycles. The highest BCUT2D eigenvalue weighted by Gasteiger charge is 2.02. The van der Waals surface area contributed by atoms with Crippen molar-refractivity contribution in [3.63, 3.8) is 0 Å². The van der Waals surface area contributed by atoms with Crippen molar-refractivity contribution in [1.29, 1.82) is 0 Å². The number of hydrogen-bond donors (Lipinski definition) is 2.